The number of ether oxygens (including phenoxy) is 4. The van der Waals surface area contributed by atoms with E-state index in [1.54, 1.807) is 69.2 Å². The van der Waals surface area contributed by atoms with Crippen LogP contribution in [0.5, 0.6) is 0 Å². The number of nitrogens with zero attached hydrogens (tertiary/aromatic N) is 3. The van der Waals surface area contributed by atoms with Crippen molar-refractivity contribution < 1.29 is 110 Å². The molecule has 0 aromatic rings. The van der Waals surface area contributed by atoms with Gasteiger partial charge in [-0.3, -0.25) is 91.1 Å². The van der Waals surface area contributed by atoms with Crippen LogP contribution >= 0.6 is 0 Å². The molecule has 32 heteroatoms. The summed E-state index contributed by atoms with van der Waals surface area (Å²) >= 11 is 0. The first-order valence-corrected chi connectivity index (χ1v) is 31.6. The third kappa shape index (κ3) is 46.3. The van der Waals surface area contributed by atoms with Gasteiger partial charge in [0, 0.05) is 91.1 Å². The molecule has 0 aliphatic carbocycles. The molecule has 0 saturated carbocycles. The van der Waals surface area contributed by atoms with Crippen LogP contribution in [-0.4, -0.2) is 230 Å². The molecule has 6 N–H and O–H groups in total. The van der Waals surface area contributed by atoms with Gasteiger partial charge in [-0.15, -0.1) is 0 Å². The van der Waals surface area contributed by atoms with Crippen LogP contribution in [0, 0.1) is 5.41 Å². The number of hydrogen-bond donors (Lipinski definition) is 6. The molecule has 0 bridgehead atoms. The first kappa shape index (κ1) is 87.1. The predicted octanol–water partition coefficient (Wildman–Crippen LogP) is 0.0698. The lowest BCUT2D eigenvalue weighted by molar-refractivity contribution is -0.156. The van der Waals surface area contributed by atoms with Crippen LogP contribution in [0.3, 0.4) is 0 Å². The van der Waals surface area contributed by atoms with E-state index in [1.165, 1.54) is 14.1 Å². The van der Waals surface area contributed by atoms with Crippen molar-refractivity contribution >= 4 is 112 Å². The highest BCUT2D eigenvalue weighted by molar-refractivity contribution is 5.95. The minimum Gasteiger partial charge on any atom is -0.468 e. The highest BCUT2D eigenvalue weighted by Crippen LogP contribution is 2.35. The zero-order chi connectivity index (χ0) is 73.6. The van der Waals surface area contributed by atoms with Crippen LogP contribution in [0.4, 0.5) is 0 Å². The number of rotatable bonds is 47. The van der Waals surface area contributed by atoms with Crippen molar-refractivity contribution in [1.82, 2.24) is 46.6 Å². The second-order valence-electron chi connectivity index (χ2n) is 26.3. The molecule has 0 aliphatic heterocycles. The topological polar surface area (TPSA) is 443 Å². The molecular formula is C64H101N9O23. The monoisotopic (exact) mass is 1360 g/mol. The number of carbonyl (C=O) groups excluding carboxylic acids is 19. The summed E-state index contributed by atoms with van der Waals surface area (Å²) in [5.74, 6) is -11.7. The maximum atomic E-state index is 13.2. The largest absolute Gasteiger partial charge is 0.468 e. The molecule has 0 aliphatic rings. The molecule has 0 spiro atoms. The zero-order valence-electron chi connectivity index (χ0n) is 58.0. The molecule has 0 unspecified atom stereocenters. The van der Waals surface area contributed by atoms with Crippen LogP contribution in [0.1, 0.15) is 185 Å². The normalized spacial score (nSPS) is 11.3. The van der Waals surface area contributed by atoms with E-state index < -0.39 is 212 Å². The first-order chi connectivity index (χ1) is 44.4. The van der Waals surface area contributed by atoms with Gasteiger partial charge in [-0.2, -0.15) is 0 Å². The van der Waals surface area contributed by atoms with Crippen molar-refractivity contribution in [3.63, 3.8) is 0 Å². The molecule has 96 heavy (non-hydrogen) atoms. The number of likely N-dealkylation sites (N-methyl/N-ethyl adjacent to an activating group) is 2. The quantitative estimate of drug-likeness (QED) is 0.0347. The summed E-state index contributed by atoms with van der Waals surface area (Å²) in [5.41, 5.74) is -3.17. The Bertz CT molecular complexity index is 2680. The molecule has 540 valence electrons. The fourth-order valence-electron chi connectivity index (χ4n) is 8.18. The Balaban J connectivity index is 5.61. The predicted molar refractivity (Wildman–Crippen MR) is 341 cm³/mol. The first-order valence-electron chi connectivity index (χ1n) is 31.6. The fourth-order valence-corrected chi connectivity index (χ4v) is 8.18. The van der Waals surface area contributed by atoms with E-state index in [-0.39, 0.29) is 103 Å². The van der Waals surface area contributed by atoms with Gasteiger partial charge in [0.25, 0.3) is 0 Å². The Morgan fingerprint density at radius 2 is 0.531 bits per heavy atom. The maximum Gasteiger partial charge on any atom is 0.325 e. The molecule has 0 atom stereocenters. The number of amides is 9. The van der Waals surface area contributed by atoms with Crippen molar-refractivity contribution in [1.29, 1.82) is 0 Å². The van der Waals surface area contributed by atoms with Crippen molar-refractivity contribution in [3.05, 3.63) is 0 Å². The smallest absolute Gasteiger partial charge is 0.325 e. The Hall–Kier alpha value is -8.87. The summed E-state index contributed by atoms with van der Waals surface area (Å²) in [5, 5.41) is 14.4. The summed E-state index contributed by atoms with van der Waals surface area (Å²) in [6.07, 6.45) is -3.80. The van der Waals surface area contributed by atoms with Gasteiger partial charge in [-0.1, -0.05) is 6.92 Å². The Morgan fingerprint density at radius 3 is 0.802 bits per heavy atom. The molecular weight excluding hydrogens is 1260 g/mol. The zero-order valence-corrected chi connectivity index (χ0v) is 58.0. The number of methoxy groups -OCH3 is 1. The van der Waals surface area contributed by atoms with E-state index in [0.717, 1.165) is 21.8 Å². The molecule has 9 amide bonds. The van der Waals surface area contributed by atoms with Crippen LogP contribution in [0.15, 0.2) is 0 Å². The summed E-state index contributed by atoms with van der Waals surface area (Å²) in [6, 6.07) is 0. The SMILES string of the molecule is COC(=O)CN(CC(=O)CCC(=O)NCC(=O)CCC(C)(CCC(=O)CNC(=O)CCC(=O)CN(C)C(=O)CNC(=O)CCC(=O)OC(C)(C)C)CCC(=O)CNC(=O)CCC(=O)CN(C)C(=O)CNC(=O)CCC(=O)OC(C)(C)C)C(=O)CNC(=O)CCC(=O)OC(C)(C)C. The number of carbonyl (C=O) groups is 19. The molecule has 32 nitrogen and oxygen atoms in total. The number of esters is 4. The van der Waals surface area contributed by atoms with Crippen molar-refractivity contribution in [2.24, 2.45) is 5.41 Å². The van der Waals surface area contributed by atoms with E-state index >= 15 is 0 Å². The number of Topliss-reactive ketones (excluding diaryl/α,β-unsaturated/α-hetero) is 6. The molecule has 0 aromatic carbocycles. The molecule has 0 radical (unpaired) electrons. The maximum absolute atomic E-state index is 13.2. The molecule has 0 rings (SSSR count). The van der Waals surface area contributed by atoms with Crippen LogP contribution < -0.4 is 31.9 Å². The average molecular weight is 1360 g/mol. The second kappa shape index (κ2) is 44.0. The van der Waals surface area contributed by atoms with Gasteiger partial charge in [-0.05, 0) is 87.0 Å². The van der Waals surface area contributed by atoms with Gasteiger partial charge in [0.1, 0.15) is 23.3 Å². The lowest BCUT2D eigenvalue weighted by atomic mass is 9.76. The second-order valence-corrected chi connectivity index (χ2v) is 26.3. The van der Waals surface area contributed by atoms with Crippen molar-refractivity contribution in [3.8, 4) is 0 Å². The lowest BCUT2D eigenvalue weighted by Gasteiger charge is -2.29. The van der Waals surface area contributed by atoms with Gasteiger partial charge < -0.3 is 65.5 Å². The highest BCUT2D eigenvalue weighted by atomic mass is 16.6. The third-order valence-corrected chi connectivity index (χ3v) is 13.5. The minimum absolute atomic E-state index is 0.0762. The Kier molecular flexibility index (Phi) is 39.9. The number of ketones is 6. The molecule has 0 fully saturated rings. The summed E-state index contributed by atoms with van der Waals surface area (Å²) in [4.78, 5) is 241. The van der Waals surface area contributed by atoms with Crippen LogP contribution in [0.25, 0.3) is 0 Å². The van der Waals surface area contributed by atoms with E-state index in [4.69, 9.17) is 14.2 Å². The Morgan fingerprint density at radius 1 is 0.281 bits per heavy atom. The summed E-state index contributed by atoms with van der Waals surface area (Å²) in [6.45, 7) is 11.7. The van der Waals surface area contributed by atoms with Gasteiger partial charge in [0.15, 0.2) is 34.7 Å². The molecule has 0 heterocycles. The molecule has 0 saturated heterocycles. The van der Waals surface area contributed by atoms with E-state index in [0.29, 0.717) is 0 Å². The van der Waals surface area contributed by atoms with Gasteiger partial charge in [0.05, 0.1) is 85.3 Å². The van der Waals surface area contributed by atoms with Gasteiger partial charge in [-0.25, -0.2) is 0 Å². The Labute approximate surface area is 560 Å². The van der Waals surface area contributed by atoms with Crippen molar-refractivity contribution in [2.45, 2.75) is 202 Å². The standard InChI is InChI=1S/C64H101N9O23/c1-61(2,3)94-57(89)23-20-51(83)68-35-54(86)71(11)38-45(77)14-17-48(80)65-32-42(74)26-29-64(10,30-27-43(75)33-66-49(81)18-15-46(78)39-72(12)55(87)36-69-52(84)21-24-58(90)95-62(4,5)6)31-28-44(76)34-67-50(82)19-16-47(79)40-73(41-60(92)93-13)56(88)37-70-53(85)22-25-59(91)96-63(7,8)9/h14-41H2,1-13H3,(H,65,80)(H,66,81)(H,67,82)(H,68,83)(H,69,84)(H,70,85). The van der Waals surface area contributed by atoms with Crippen molar-refractivity contribution in [2.75, 3.05) is 86.7 Å². The van der Waals surface area contributed by atoms with Crippen LogP contribution in [-0.2, 0) is 110 Å². The number of nitrogens with one attached hydrogen (secondary N) is 6. The third-order valence-electron chi connectivity index (χ3n) is 13.5. The summed E-state index contributed by atoms with van der Waals surface area (Å²) in [7, 11) is 3.70. The highest BCUT2D eigenvalue weighted by Gasteiger charge is 2.29. The molecule has 0 aromatic heterocycles. The van der Waals surface area contributed by atoms with Gasteiger partial charge in [0.2, 0.25) is 53.2 Å². The van der Waals surface area contributed by atoms with Crippen LogP contribution in [0.2, 0.25) is 0 Å². The number of hydrogen-bond acceptors (Lipinski definition) is 23. The van der Waals surface area contributed by atoms with E-state index in [1.807, 2.05) is 0 Å². The fraction of sp³-hybridized carbons (Fsp3) is 0.703. The summed E-state index contributed by atoms with van der Waals surface area (Å²) < 4.78 is 20.1. The average Bonchev–Trinajstić information content (AvgIpc) is 1.32. The van der Waals surface area contributed by atoms with E-state index in [9.17, 15) is 91.1 Å². The lowest BCUT2D eigenvalue weighted by Crippen LogP contribution is -2.45. The van der Waals surface area contributed by atoms with Gasteiger partial charge >= 0.3 is 23.9 Å². The van der Waals surface area contributed by atoms with E-state index in [2.05, 4.69) is 36.6 Å². The minimum atomic E-state index is -0.917.